The average molecular weight is 302 g/mol. The lowest BCUT2D eigenvalue weighted by molar-refractivity contribution is -0.137. The van der Waals surface area contributed by atoms with Crippen LogP contribution in [-0.4, -0.2) is 49.0 Å². The zero-order chi connectivity index (χ0) is 15.4. The summed E-state index contributed by atoms with van der Waals surface area (Å²) in [5.74, 6) is 1.65. The molecule has 3 rings (SSSR count). The van der Waals surface area contributed by atoms with Crippen LogP contribution in [0.5, 0.6) is 5.75 Å². The minimum Gasteiger partial charge on any atom is -0.496 e. The minimum atomic E-state index is 0.306. The van der Waals surface area contributed by atoms with Crippen molar-refractivity contribution in [3.63, 3.8) is 0 Å². The summed E-state index contributed by atoms with van der Waals surface area (Å²) in [6.07, 6.45) is 4.65. The van der Waals surface area contributed by atoms with Gasteiger partial charge in [-0.1, -0.05) is 31.0 Å². The van der Waals surface area contributed by atoms with Crippen molar-refractivity contribution in [3.05, 3.63) is 29.8 Å². The first-order chi connectivity index (χ1) is 10.8. The zero-order valence-corrected chi connectivity index (χ0v) is 13.5. The van der Waals surface area contributed by atoms with E-state index < -0.39 is 0 Å². The van der Waals surface area contributed by atoms with Crippen LogP contribution in [0.25, 0.3) is 0 Å². The molecule has 0 atom stereocenters. The number of benzene rings is 1. The third-order valence-corrected chi connectivity index (χ3v) is 4.97. The van der Waals surface area contributed by atoms with Crippen molar-refractivity contribution in [2.45, 2.75) is 32.2 Å². The molecule has 2 aliphatic rings. The summed E-state index contributed by atoms with van der Waals surface area (Å²) >= 11 is 0. The smallest absolute Gasteiger partial charge is 0.225 e. The van der Waals surface area contributed by atoms with Gasteiger partial charge in [0, 0.05) is 44.2 Å². The molecule has 0 N–H and O–H groups in total. The Bertz CT molecular complexity index is 504. The van der Waals surface area contributed by atoms with Crippen LogP contribution in [0.2, 0.25) is 0 Å². The van der Waals surface area contributed by atoms with E-state index in [1.807, 2.05) is 12.1 Å². The molecule has 0 aromatic heterocycles. The second-order valence-electron chi connectivity index (χ2n) is 6.39. The van der Waals surface area contributed by atoms with E-state index in [0.717, 1.165) is 51.3 Å². The number of hydrogen-bond donors (Lipinski definition) is 0. The quantitative estimate of drug-likeness (QED) is 0.857. The maximum absolute atomic E-state index is 12.5. The summed E-state index contributed by atoms with van der Waals surface area (Å²) in [7, 11) is 1.72. The molecule has 0 radical (unpaired) electrons. The molecule has 1 aromatic carbocycles. The zero-order valence-electron chi connectivity index (χ0n) is 13.5. The highest BCUT2D eigenvalue weighted by molar-refractivity contribution is 5.79. The molecule has 1 aliphatic carbocycles. The number of carbonyl (C=O) groups excluding carboxylic acids is 1. The van der Waals surface area contributed by atoms with Gasteiger partial charge in [-0.05, 0) is 18.9 Å². The molecule has 2 fully saturated rings. The standard InChI is InChI=1S/C18H26N2O2/c1-22-17-9-5-4-8-16(17)14-19-10-12-20(13-11-19)18(21)15-6-2-3-7-15/h4-5,8-9,15H,2-3,6-7,10-14H2,1H3. The van der Waals surface area contributed by atoms with Gasteiger partial charge >= 0.3 is 0 Å². The normalized spacial score (nSPS) is 20.3. The second-order valence-corrected chi connectivity index (χ2v) is 6.39. The molecule has 1 saturated carbocycles. The number of piperazine rings is 1. The lowest BCUT2D eigenvalue weighted by atomic mass is 10.1. The Balaban J connectivity index is 1.52. The first kappa shape index (κ1) is 15.3. The number of ether oxygens (including phenoxy) is 1. The van der Waals surface area contributed by atoms with E-state index in [2.05, 4.69) is 21.9 Å². The fourth-order valence-electron chi connectivity index (χ4n) is 3.63. The SMILES string of the molecule is COc1ccccc1CN1CCN(C(=O)C2CCCC2)CC1. The van der Waals surface area contributed by atoms with Crippen LogP contribution in [0.15, 0.2) is 24.3 Å². The van der Waals surface area contributed by atoms with E-state index in [0.29, 0.717) is 11.8 Å². The number of carbonyl (C=O) groups is 1. The Kier molecular flexibility index (Phi) is 4.98. The number of rotatable bonds is 4. The van der Waals surface area contributed by atoms with Crippen molar-refractivity contribution in [1.29, 1.82) is 0 Å². The van der Waals surface area contributed by atoms with Crippen molar-refractivity contribution >= 4 is 5.91 Å². The largest absolute Gasteiger partial charge is 0.496 e. The van der Waals surface area contributed by atoms with Crippen molar-refractivity contribution in [2.75, 3.05) is 33.3 Å². The topological polar surface area (TPSA) is 32.8 Å². The van der Waals surface area contributed by atoms with Gasteiger partial charge in [-0.25, -0.2) is 0 Å². The van der Waals surface area contributed by atoms with Crippen LogP contribution in [0.4, 0.5) is 0 Å². The summed E-state index contributed by atoms with van der Waals surface area (Å²) in [4.78, 5) is 16.9. The van der Waals surface area contributed by atoms with Crippen LogP contribution in [0.1, 0.15) is 31.2 Å². The number of hydrogen-bond acceptors (Lipinski definition) is 3. The maximum atomic E-state index is 12.5. The fraction of sp³-hybridized carbons (Fsp3) is 0.611. The Morgan fingerprint density at radius 1 is 1.14 bits per heavy atom. The van der Waals surface area contributed by atoms with E-state index >= 15 is 0 Å². The fourth-order valence-corrected chi connectivity index (χ4v) is 3.63. The Morgan fingerprint density at radius 2 is 1.82 bits per heavy atom. The number of amides is 1. The van der Waals surface area contributed by atoms with Crippen molar-refractivity contribution < 1.29 is 9.53 Å². The first-order valence-corrected chi connectivity index (χ1v) is 8.41. The van der Waals surface area contributed by atoms with Gasteiger partial charge in [0.05, 0.1) is 7.11 Å². The highest BCUT2D eigenvalue weighted by Crippen LogP contribution is 2.27. The molecule has 1 heterocycles. The Hall–Kier alpha value is -1.55. The molecule has 1 saturated heterocycles. The molecule has 4 nitrogen and oxygen atoms in total. The number of methoxy groups -OCH3 is 1. The molecule has 1 amide bonds. The van der Waals surface area contributed by atoms with Crippen LogP contribution in [0, 0.1) is 5.92 Å². The predicted octanol–water partition coefficient (Wildman–Crippen LogP) is 2.53. The van der Waals surface area contributed by atoms with Gasteiger partial charge < -0.3 is 9.64 Å². The Labute approximate surface area is 133 Å². The van der Waals surface area contributed by atoms with Gasteiger partial charge in [-0.15, -0.1) is 0 Å². The number of para-hydroxylation sites is 1. The molecule has 1 aromatic rings. The monoisotopic (exact) mass is 302 g/mol. The molecule has 1 aliphatic heterocycles. The molecule has 22 heavy (non-hydrogen) atoms. The second kappa shape index (κ2) is 7.14. The highest BCUT2D eigenvalue weighted by Gasteiger charge is 2.29. The van der Waals surface area contributed by atoms with E-state index in [9.17, 15) is 4.79 Å². The molecule has 4 heteroatoms. The van der Waals surface area contributed by atoms with Gasteiger partial charge in [-0.2, -0.15) is 0 Å². The van der Waals surface area contributed by atoms with Crippen molar-refractivity contribution in [3.8, 4) is 5.75 Å². The molecule has 0 unspecified atom stereocenters. The van der Waals surface area contributed by atoms with E-state index in [1.54, 1.807) is 7.11 Å². The van der Waals surface area contributed by atoms with E-state index in [1.165, 1.54) is 18.4 Å². The van der Waals surface area contributed by atoms with Crippen molar-refractivity contribution in [2.24, 2.45) is 5.92 Å². The average Bonchev–Trinajstić information content (AvgIpc) is 3.10. The summed E-state index contributed by atoms with van der Waals surface area (Å²) in [5.41, 5.74) is 1.22. The van der Waals surface area contributed by atoms with Gasteiger partial charge in [-0.3, -0.25) is 9.69 Å². The third kappa shape index (κ3) is 3.43. The predicted molar refractivity (Wildman–Crippen MR) is 86.8 cm³/mol. The van der Waals surface area contributed by atoms with Crippen LogP contribution in [-0.2, 0) is 11.3 Å². The summed E-state index contributed by atoms with van der Waals surface area (Å²) in [6, 6.07) is 8.18. The van der Waals surface area contributed by atoms with Crippen LogP contribution >= 0.6 is 0 Å². The molecular weight excluding hydrogens is 276 g/mol. The number of nitrogens with zero attached hydrogens (tertiary/aromatic N) is 2. The molecule has 0 bridgehead atoms. The van der Waals surface area contributed by atoms with E-state index in [4.69, 9.17) is 4.74 Å². The van der Waals surface area contributed by atoms with Gasteiger partial charge in [0.25, 0.3) is 0 Å². The summed E-state index contributed by atoms with van der Waals surface area (Å²) < 4.78 is 5.42. The van der Waals surface area contributed by atoms with Gasteiger partial charge in [0.15, 0.2) is 0 Å². The third-order valence-electron chi connectivity index (χ3n) is 4.97. The Morgan fingerprint density at radius 3 is 2.50 bits per heavy atom. The lowest BCUT2D eigenvalue weighted by Crippen LogP contribution is -2.49. The molecular formula is C18H26N2O2. The minimum absolute atomic E-state index is 0.306. The van der Waals surface area contributed by atoms with Crippen LogP contribution < -0.4 is 4.74 Å². The highest BCUT2D eigenvalue weighted by atomic mass is 16.5. The maximum Gasteiger partial charge on any atom is 0.225 e. The molecule has 120 valence electrons. The summed E-state index contributed by atoms with van der Waals surface area (Å²) in [6.45, 7) is 4.54. The van der Waals surface area contributed by atoms with Gasteiger partial charge in [0.1, 0.15) is 5.75 Å². The van der Waals surface area contributed by atoms with Gasteiger partial charge in [0.2, 0.25) is 5.91 Å². The summed E-state index contributed by atoms with van der Waals surface area (Å²) in [5, 5.41) is 0. The first-order valence-electron chi connectivity index (χ1n) is 8.41. The van der Waals surface area contributed by atoms with Crippen molar-refractivity contribution in [1.82, 2.24) is 9.80 Å². The lowest BCUT2D eigenvalue weighted by Gasteiger charge is -2.36. The van der Waals surface area contributed by atoms with E-state index in [-0.39, 0.29) is 0 Å². The molecule has 0 spiro atoms. The van der Waals surface area contributed by atoms with Crippen LogP contribution in [0.3, 0.4) is 0 Å².